The highest BCUT2D eigenvalue weighted by atomic mass is 35.5. The minimum Gasteiger partial charge on any atom is -0.478 e. The van der Waals surface area contributed by atoms with Crippen LogP contribution in [0.5, 0.6) is 0 Å². The summed E-state index contributed by atoms with van der Waals surface area (Å²) >= 11 is 7.10. The van der Waals surface area contributed by atoms with Crippen molar-refractivity contribution >= 4 is 46.6 Å². The summed E-state index contributed by atoms with van der Waals surface area (Å²) < 4.78 is 7.60. The van der Waals surface area contributed by atoms with E-state index in [1.54, 1.807) is 31.2 Å². The number of halogens is 1. The number of aromatic carboxylic acids is 1. The molecule has 0 bridgehead atoms. The third-order valence-corrected chi connectivity index (χ3v) is 7.67. The zero-order chi connectivity index (χ0) is 28.0. The van der Waals surface area contributed by atoms with Gasteiger partial charge in [-0.2, -0.15) is 0 Å². The summed E-state index contributed by atoms with van der Waals surface area (Å²) in [6.45, 7) is 1.62. The highest BCUT2D eigenvalue weighted by molar-refractivity contribution is 7.07. The van der Waals surface area contributed by atoms with Gasteiger partial charge in [-0.3, -0.25) is 9.36 Å². The number of aromatic nitrogens is 1. The maximum absolute atomic E-state index is 13.6. The van der Waals surface area contributed by atoms with E-state index in [9.17, 15) is 24.6 Å². The summed E-state index contributed by atoms with van der Waals surface area (Å²) in [7, 11) is 3.81. The molecule has 39 heavy (non-hydrogen) atoms. The van der Waals surface area contributed by atoms with E-state index in [0.717, 1.165) is 17.0 Å². The van der Waals surface area contributed by atoms with Gasteiger partial charge in [0.2, 0.25) is 0 Å². The van der Waals surface area contributed by atoms with Crippen LogP contribution in [0.1, 0.15) is 34.6 Å². The van der Waals surface area contributed by atoms with Crippen LogP contribution >= 0.6 is 22.9 Å². The summed E-state index contributed by atoms with van der Waals surface area (Å²) in [4.78, 5) is 44.1. The first-order chi connectivity index (χ1) is 18.5. The van der Waals surface area contributed by atoms with Crippen molar-refractivity contribution in [3.8, 4) is 11.3 Å². The van der Waals surface area contributed by atoms with E-state index in [1.807, 2.05) is 43.3 Å². The molecule has 3 heterocycles. The zero-order valence-electron chi connectivity index (χ0n) is 21.0. The first kappa shape index (κ1) is 26.2. The molecule has 9 nitrogen and oxygen atoms in total. The number of aliphatic carboxylic acids is 1. The van der Waals surface area contributed by atoms with E-state index in [0.29, 0.717) is 37.7 Å². The molecule has 1 atom stereocenters. The predicted molar refractivity (Wildman–Crippen MR) is 148 cm³/mol. The lowest BCUT2D eigenvalue weighted by Crippen LogP contribution is -2.39. The van der Waals surface area contributed by atoms with Gasteiger partial charge < -0.3 is 19.5 Å². The van der Waals surface area contributed by atoms with Gasteiger partial charge in [0, 0.05) is 31.4 Å². The molecular formula is C28H22ClN3O6S. The van der Waals surface area contributed by atoms with Gasteiger partial charge in [-0.05, 0) is 55.0 Å². The Kier molecular flexibility index (Phi) is 6.75. The molecule has 0 saturated heterocycles. The molecule has 5 rings (SSSR count). The van der Waals surface area contributed by atoms with Crippen LogP contribution < -0.4 is 19.8 Å². The molecule has 198 valence electrons. The Morgan fingerprint density at radius 3 is 2.44 bits per heavy atom. The normalized spacial score (nSPS) is 15.2. The van der Waals surface area contributed by atoms with Crippen molar-refractivity contribution < 1.29 is 24.2 Å². The second-order valence-electron chi connectivity index (χ2n) is 9.07. The van der Waals surface area contributed by atoms with Crippen LogP contribution in [-0.4, -0.2) is 40.8 Å². The molecule has 2 aromatic heterocycles. The number of hydrogen-bond donors (Lipinski definition) is 2. The average Bonchev–Trinajstić information content (AvgIpc) is 3.47. The van der Waals surface area contributed by atoms with E-state index in [-0.39, 0.29) is 16.2 Å². The monoisotopic (exact) mass is 563 g/mol. The summed E-state index contributed by atoms with van der Waals surface area (Å²) in [5.74, 6) is -1.54. The summed E-state index contributed by atoms with van der Waals surface area (Å²) in [5.41, 5.74) is 2.01. The van der Waals surface area contributed by atoms with Crippen molar-refractivity contribution in [2.24, 2.45) is 4.99 Å². The molecule has 0 radical (unpaired) electrons. The second-order valence-corrected chi connectivity index (χ2v) is 10.5. The first-order valence-electron chi connectivity index (χ1n) is 11.7. The molecule has 0 saturated carbocycles. The lowest BCUT2D eigenvalue weighted by atomic mass is 9.96. The van der Waals surface area contributed by atoms with Crippen LogP contribution in [0, 0.1) is 0 Å². The van der Waals surface area contributed by atoms with E-state index >= 15 is 0 Å². The molecule has 11 heteroatoms. The fourth-order valence-electron chi connectivity index (χ4n) is 4.42. The highest BCUT2D eigenvalue weighted by Gasteiger charge is 2.32. The summed E-state index contributed by atoms with van der Waals surface area (Å²) in [6, 6.07) is 14.4. The fourth-order valence-corrected chi connectivity index (χ4v) is 5.65. The van der Waals surface area contributed by atoms with Crippen molar-refractivity contribution in [2.75, 3.05) is 19.0 Å². The number of nitrogens with zero attached hydrogens (tertiary/aromatic N) is 3. The number of fused-ring (bicyclic) bond motifs is 1. The lowest BCUT2D eigenvalue weighted by molar-refractivity contribution is -0.133. The smallest absolute Gasteiger partial charge is 0.337 e. The molecule has 0 fully saturated rings. The molecular weight excluding hydrogens is 542 g/mol. The molecule has 2 aromatic carbocycles. The number of allylic oxidation sites excluding steroid dienone is 1. The Balaban J connectivity index is 1.60. The number of rotatable bonds is 6. The molecule has 0 spiro atoms. The minimum absolute atomic E-state index is 0.0313. The molecule has 1 unspecified atom stereocenters. The number of thiazole rings is 1. The molecule has 4 aromatic rings. The fraction of sp³-hybridized carbons (Fsp3) is 0.143. The Morgan fingerprint density at radius 2 is 1.79 bits per heavy atom. The third kappa shape index (κ3) is 4.80. The molecule has 1 aliphatic heterocycles. The van der Waals surface area contributed by atoms with Crippen LogP contribution in [0.4, 0.5) is 5.69 Å². The largest absolute Gasteiger partial charge is 0.478 e. The highest BCUT2D eigenvalue weighted by Crippen LogP contribution is 2.31. The SMILES string of the molecule is CC1=C(C(=O)O)C(c2ccc(N(C)C)cc2)n2c(sc(=Cc3ccc(-c4ccc(Cl)c(C(=O)O)c4)o3)c2=O)=N1. The van der Waals surface area contributed by atoms with Crippen molar-refractivity contribution in [3.05, 3.63) is 107 Å². The lowest BCUT2D eigenvalue weighted by Gasteiger charge is -2.24. The number of carbonyl (C=O) groups is 2. The Bertz CT molecular complexity index is 1850. The van der Waals surface area contributed by atoms with E-state index in [1.165, 1.54) is 16.7 Å². The van der Waals surface area contributed by atoms with Crippen LogP contribution in [0.2, 0.25) is 5.02 Å². The maximum atomic E-state index is 13.6. The standard InChI is InChI=1S/C28H22ClN3O6S/c1-14-23(27(36)37)24(15-4-7-17(8-5-15)31(2)3)32-25(33)22(39-28(32)30-14)13-18-9-11-21(38-18)16-6-10-20(29)19(12-16)26(34)35/h4-13,24H,1-3H3,(H,34,35)(H,36,37). The van der Waals surface area contributed by atoms with Gasteiger partial charge in [-0.15, -0.1) is 0 Å². The third-order valence-electron chi connectivity index (χ3n) is 6.36. The van der Waals surface area contributed by atoms with Gasteiger partial charge in [0.25, 0.3) is 5.56 Å². The Labute approximate surface area is 230 Å². The van der Waals surface area contributed by atoms with Crippen LogP contribution in [0.25, 0.3) is 17.4 Å². The number of benzene rings is 2. The maximum Gasteiger partial charge on any atom is 0.337 e. The summed E-state index contributed by atoms with van der Waals surface area (Å²) in [5, 5.41) is 19.5. The van der Waals surface area contributed by atoms with E-state index in [2.05, 4.69) is 4.99 Å². The number of furan rings is 1. The zero-order valence-corrected chi connectivity index (χ0v) is 22.6. The quantitative estimate of drug-likeness (QED) is 0.363. The minimum atomic E-state index is -1.16. The van der Waals surface area contributed by atoms with Gasteiger partial charge in [0.05, 0.1) is 32.4 Å². The average molecular weight is 564 g/mol. The molecule has 1 aliphatic rings. The van der Waals surface area contributed by atoms with E-state index < -0.39 is 23.5 Å². The predicted octanol–water partition coefficient (Wildman–Crippen LogP) is 4.00. The second kappa shape index (κ2) is 10.0. The van der Waals surface area contributed by atoms with Gasteiger partial charge in [-0.25, -0.2) is 14.6 Å². The number of carboxylic acid groups (broad SMARTS) is 2. The van der Waals surface area contributed by atoms with E-state index in [4.69, 9.17) is 16.0 Å². The van der Waals surface area contributed by atoms with Crippen molar-refractivity contribution in [1.29, 1.82) is 0 Å². The molecule has 0 amide bonds. The number of anilines is 1. The Hall–Kier alpha value is -4.41. The number of hydrogen-bond acceptors (Lipinski definition) is 7. The number of carboxylic acids is 2. The van der Waals surface area contributed by atoms with Crippen LogP contribution in [-0.2, 0) is 4.79 Å². The van der Waals surface area contributed by atoms with Crippen molar-refractivity contribution in [3.63, 3.8) is 0 Å². The van der Waals surface area contributed by atoms with Crippen molar-refractivity contribution in [1.82, 2.24) is 4.57 Å². The van der Waals surface area contributed by atoms with Gasteiger partial charge in [0.1, 0.15) is 11.5 Å². The Morgan fingerprint density at radius 1 is 1.08 bits per heavy atom. The van der Waals surface area contributed by atoms with Gasteiger partial charge >= 0.3 is 11.9 Å². The molecule has 2 N–H and O–H groups in total. The van der Waals surface area contributed by atoms with Gasteiger partial charge in [0.15, 0.2) is 4.80 Å². The van der Waals surface area contributed by atoms with Gasteiger partial charge in [-0.1, -0.05) is 35.1 Å². The van der Waals surface area contributed by atoms with Crippen LogP contribution in [0.15, 0.2) is 80.1 Å². The summed E-state index contributed by atoms with van der Waals surface area (Å²) in [6.07, 6.45) is 1.56. The first-order valence-corrected chi connectivity index (χ1v) is 12.9. The molecule has 0 aliphatic carbocycles. The topological polar surface area (TPSA) is 125 Å². The van der Waals surface area contributed by atoms with Crippen molar-refractivity contribution in [2.45, 2.75) is 13.0 Å². The van der Waals surface area contributed by atoms with Crippen LogP contribution in [0.3, 0.4) is 0 Å².